The molecular weight excluding hydrogens is 298 g/mol. The second-order valence-corrected chi connectivity index (χ2v) is 6.54. The Morgan fingerprint density at radius 1 is 1.08 bits per heavy atom. The van der Waals surface area contributed by atoms with E-state index in [1.165, 1.54) is 22.3 Å². The van der Waals surface area contributed by atoms with Crippen LogP contribution in [0.2, 0.25) is 0 Å². The Kier molecular flexibility index (Phi) is 4.81. The minimum Gasteiger partial charge on any atom is -0.478 e. The third-order valence-electron chi connectivity index (χ3n) is 4.54. The average molecular weight is 321 g/mol. The van der Waals surface area contributed by atoms with E-state index < -0.39 is 5.97 Å². The first-order valence-corrected chi connectivity index (χ1v) is 8.36. The lowest BCUT2D eigenvalue weighted by molar-refractivity contribution is 0.0697. The Hall–Kier alpha value is -2.39. The molecule has 0 fully saturated rings. The number of carboxylic acids is 1. The standard InChI is InChI=1S/C21H23NO2/c1-22(2)13-5-8-19-18-7-4-3-6-15(18)9-10-16-11-12-17(21(23)24)14-20(16)19/h3-4,6-8,11-12,14H,5,9-10,13H2,1-2H3,(H,23,24). The zero-order chi connectivity index (χ0) is 17.1. The van der Waals surface area contributed by atoms with Gasteiger partial charge in [0.2, 0.25) is 0 Å². The van der Waals surface area contributed by atoms with Gasteiger partial charge in [-0.15, -0.1) is 0 Å². The van der Waals surface area contributed by atoms with Gasteiger partial charge in [0.25, 0.3) is 0 Å². The van der Waals surface area contributed by atoms with Gasteiger partial charge in [0.1, 0.15) is 0 Å². The summed E-state index contributed by atoms with van der Waals surface area (Å²) >= 11 is 0. The number of rotatable bonds is 4. The molecule has 124 valence electrons. The molecule has 2 aromatic carbocycles. The molecule has 0 atom stereocenters. The Bertz CT molecular complexity index is 790. The van der Waals surface area contributed by atoms with Crippen molar-refractivity contribution >= 4 is 11.5 Å². The smallest absolute Gasteiger partial charge is 0.335 e. The molecule has 0 spiro atoms. The van der Waals surface area contributed by atoms with Crippen molar-refractivity contribution in [3.63, 3.8) is 0 Å². The molecule has 0 aromatic heterocycles. The molecule has 0 unspecified atom stereocenters. The van der Waals surface area contributed by atoms with E-state index in [0.29, 0.717) is 5.56 Å². The summed E-state index contributed by atoms with van der Waals surface area (Å²) in [6, 6.07) is 14.0. The quantitative estimate of drug-likeness (QED) is 0.929. The molecule has 3 nitrogen and oxygen atoms in total. The third-order valence-corrected chi connectivity index (χ3v) is 4.54. The molecule has 3 rings (SSSR count). The van der Waals surface area contributed by atoms with Crippen molar-refractivity contribution in [3.8, 4) is 0 Å². The highest BCUT2D eigenvalue weighted by molar-refractivity contribution is 5.91. The summed E-state index contributed by atoms with van der Waals surface area (Å²) in [4.78, 5) is 13.6. The monoisotopic (exact) mass is 321 g/mol. The van der Waals surface area contributed by atoms with E-state index in [9.17, 15) is 9.90 Å². The fourth-order valence-electron chi connectivity index (χ4n) is 3.28. The van der Waals surface area contributed by atoms with E-state index in [1.54, 1.807) is 6.07 Å². The van der Waals surface area contributed by atoms with Crippen LogP contribution in [0.3, 0.4) is 0 Å². The summed E-state index contributed by atoms with van der Waals surface area (Å²) in [5.74, 6) is -0.872. The molecule has 0 saturated heterocycles. The summed E-state index contributed by atoms with van der Waals surface area (Å²) in [5.41, 5.74) is 6.39. The van der Waals surface area contributed by atoms with Crippen LogP contribution in [-0.4, -0.2) is 36.6 Å². The predicted molar refractivity (Wildman–Crippen MR) is 97.5 cm³/mol. The normalized spacial score (nSPS) is 15.0. The first-order valence-electron chi connectivity index (χ1n) is 8.36. The summed E-state index contributed by atoms with van der Waals surface area (Å²) in [6.45, 7) is 0.972. The molecule has 1 aliphatic rings. The number of carboxylic acid groups (broad SMARTS) is 1. The topological polar surface area (TPSA) is 40.5 Å². The van der Waals surface area contributed by atoms with Gasteiger partial charge in [0.15, 0.2) is 0 Å². The number of carbonyl (C=O) groups is 1. The summed E-state index contributed by atoms with van der Waals surface area (Å²) in [7, 11) is 4.13. The largest absolute Gasteiger partial charge is 0.478 e. The van der Waals surface area contributed by atoms with E-state index in [2.05, 4.69) is 49.3 Å². The number of benzene rings is 2. The Balaban J connectivity index is 2.13. The fraction of sp³-hybridized carbons (Fsp3) is 0.286. The maximum atomic E-state index is 11.4. The number of aryl methyl sites for hydroxylation is 2. The first kappa shape index (κ1) is 16.5. The summed E-state index contributed by atoms with van der Waals surface area (Å²) in [6.07, 6.45) is 5.12. The van der Waals surface area contributed by atoms with Crippen LogP contribution >= 0.6 is 0 Å². The molecule has 0 heterocycles. The molecule has 3 heteroatoms. The molecule has 0 radical (unpaired) electrons. The number of fused-ring (bicyclic) bond motifs is 2. The molecule has 0 amide bonds. The number of nitrogens with zero attached hydrogens (tertiary/aromatic N) is 1. The van der Waals surface area contributed by atoms with Gasteiger partial charge in [-0.1, -0.05) is 36.4 Å². The average Bonchev–Trinajstić information content (AvgIpc) is 2.71. The molecule has 2 aromatic rings. The fourth-order valence-corrected chi connectivity index (χ4v) is 3.28. The van der Waals surface area contributed by atoms with Crippen LogP contribution in [0.5, 0.6) is 0 Å². The number of hydrogen-bond acceptors (Lipinski definition) is 2. The van der Waals surface area contributed by atoms with Gasteiger partial charge < -0.3 is 10.0 Å². The molecule has 0 saturated carbocycles. The van der Waals surface area contributed by atoms with Gasteiger partial charge in [0.05, 0.1) is 5.56 Å². The maximum Gasteiger partial charge on any atom is 0.335 e. The van der Waals surface area contributed by atoms with Crippen molar-refractivity contribution < 1.29 is 9.90 Å². The van der Waals surface area contributed by atoms with E-state index in [-0.39, 0.29) is 0 Å². The zero-order valence-electron chi connectivity index (χ0n) is 14.2. The van der Waals surface area contributed by atoms with Crippen LogP contribution in [0.1, 0.15) is 39.0 Å². The van der Waals surface area contributed by atoms with Gasteiger partial charge in [-0.05, 0) is 73.3 Å². The molecule has 24 heavy (non-hydrogen) atoms. The van der Waals surface area contributed by atoms with Crippen LogP contribution < -0.4 is 0 Å². The summed E-state index contributed by atoms with van der Waals surface area (Å²) < 4.78 is 0. The number of hydrogen-bond donors (Lipinski definition) is 1. The highest BCUT2D eigenvalue weighted by atomic mass is 16.4. The second kappa shape index (κ2) is 7.02. The van der Waals surface area contributed by atoms with Gasteiger partial charge in [-0.3, -0.25) is 0 Å². The minimum absolute atomic E-state index is 0.353. The van der Waals surface area contributed by atoms with Gasteiger partial charge >= 0.3 is 5.97 Å². The third kappa shape index (κ3) is 3.41. The van der Waals surface area contributed by atoms with Crippen molar-refractivity contribution in [1.82, 2.24) is 4.90 Å². The molecule has 1 aliphatic carbocycles. The zero-order valence-corrected chi connectivity index (χ0v) is 14.2. The van der Waals surface area contributed by atoms with E-state index in [1.807, 2.05) is 12.1 Å². The van der Waals surface area contributed by atoms with Crippen LogP contribution in [0.25, 0.3) is 5.57 Å². The molecular formula is C21H23NO2. The second-order valence-electron chi connectivity index (χ2n) is 6.54. The van der Waals surface area contributed by atoms with E-state index in [0.717, 1.165) is 31.4 Å². The van der Waals surface area contributed by atoms with Gasteiger partial charge in [0, 0.05) is 6.54 Å². The van der Waals surface area contributed by atoms with E-state index in [4.69, 9.17) is 0 Å². The lowest BCUT2D eigenvalue weighted by Gasteiger charge is -2.14. The first-order chi connectivity index (χ1) is 11.6. The van der Waals surface area contributed by atoms with E-state index >= 15 is 0 Å². The Labute approximate surface area is 143 Å². The minimum atomic E-state index is -0.872. The van der Waals surface area contributed by atoms with Crippen molar-refractivity contribution in [2.45, 2.75) is 19.3 Å². The lowest BCUT2D eigenvalue weighted by Crippen LogP contribution is -2.12. The predicted octanol–water partition coefficient (Wildman–Crippen LogP) is 3.87. The summed E-state index contributed by atoms with van der Waals surface area (Å²) in [5, 5.41) is 9.36. The SMILES string of the molecule is CN(C)CCC=C1c2ccccc2CCc2ccc(C(=O)O)cc21. The Morgan fingerprint density at radius 3 is 2.50 bits per heavy atom. The van der Waals surface area contributed by atoms with Gasteiger partial charge in [-0.25, -0.2) is 4.79 Å². The van der Waals surface area contributed by atoms with Crippen LogP contribution in [0.15, 0.2) is 48.5 Å². The van der Waals surface area contributed by atoms with Crippen LogP contribution in [-0.2, 0) is 12.8 Å². The Morgan fingerprint density at radius 2 is 1.79 bits per heavy atom. The van der Waals surface area contributed by atoms with Gasteiger partial charge in [-0.2, -0.15) is 0 Å². The highest BCUT2D eigenvalue weighted by Crippen LogP contribution is 2.34. The molecule has 0 aliphatic heterocycles. The van der Waals surface area contributed by atoms with Crippen LogP contribution in [0, 0.1) is 0 Å². The van der Waals surface area contributed by atoms with Crippen molar-refractivity contribution in [3.05, 3.63) is 76.4 Å². The van der Waals surface area contributed by atoms with Crippen molar-refractivity contribution in [1.29, 1.82) is 0 Å². The molecule has 1 N–H and O–H groups in total. The van der Waals surface area contributed by atoms with Crippen molar-refractivity contribution in [2.75, 3.05) is 20.6 Å². The molecule has 0 bridgehead atoms. The lowest BCUT2D eigenvalue weighted by atomic mass is 9.92. The number of aromatic carboxylic acids is 1. The highest BCUT2D eigenvalue weighted by Gasteiger charge is 2.19. The maximum absolute atomic E-state index is 11.4. The van der Waals surface area contributed by atoms with Crippen LogP contribution in [0.4, 0.5) is 0 Å². The van der Waals surface area contributed by atoms with Crippen molar-refractivity contribution in [2.24, 2.45) is 0 Å².